The molecule has 3 N–H and O–H groups in total. The Bertz CT molecular complexity index is 413. The first-order valence-electron chi connectivity index (χ1n) is 5.81. The quantitative estimate of drug-likeness (QED) is 0.711. The van der Waals surface area contributed by atoms with Gasteiger partial charge in [0.1, 0.15) is 0 Å². The number of aliphatic hydroxyl groups excluding tert-OH is 1. The number of aryl methyl sites for hydroxylation is 1. The summed E-state index contributed by atoms with van der Waals surface area (Å²) in [6.07, 6.45) is 0.653. The molecule has 0 aromatic carbocycles. The van der Waals surface area contributed by atoms with Gasteiger partial charge in [-0.15, -0.1) is 11.3 Å². The highest BCUT2D eigenvalue weighted by molar-refractivity contribution is 7.13. The lowest BCUT2D eigenvalue weighted by Crippen LogP contribution is -2.43. The van der Waals surface area contributed by atoms with Gasteiger partial charge in [-0.25, -0.2) is 0 Å². The Morgan fingerprint density at radius 2 is 2.17 bits per heavy atom. The van der Waals surface area contributed by atoms with Crippen LogP contribution in [0.15, 0.2) is 12.1 Å². The van der Waals surface area contributed by atoms with E-state index in [9.17, 15) is 9.59 Å². The van der Waals surface area contributed by atoms with Crippen molar-refractivity contribution in [3.8, 4) is 0 Å². The molecule has 0 fully saturated rings. The number of rotatable bonds is 6. The van der Waals surface area contributed by atoms with Gasteiger partial charge in [0, 0.05) is 4.88 Å². The zero-order valence-corrected chi connectivity index (χ0v) is 11.3. The predicted octanol–water partition coefficient (Wildman–Crippen LogP) is 0.673. The molecular formula is C12H18N2O3S. The van der Waals surface area contributed by atoms with Gasteiger partial charge in [-0.2, -0.15) is 0 Å². The Morgan fingerprint density at radius 3 is 2.67 bits per heavy atom. The Balaban J connectivity index is 2.36. The molecule has 0 aliphatic rings. The number of hydrogen-bond donors (Lipinski definition) is 3. The van der Waals surface area contributed by atoms with E-state index in [1.165, 1.54) is 11.3 Å². The summed E-state index contributed by atoms with van der Waals surface area (Å²) < 4.78 is 0. The molecule has 0 bridgehead atoms. The van der Waals surface area contributed by atoms with Crippen LogP contribution in [0.4, 0.5) is 0 Å². The fourth-order valence-corrected chi connectivity index (χ4v) is 2.14. The van der Waals surface area contributed by atoms with Gasteiger partial charge >= 0.3 is 0 Å². The van der Waals surface area contributed by atoms with Crippen molar-refractivity contribution in [1.82, 2.24) is 10.6 Å². The van der Waals surface area contributed by atoms with Crippen molar-refractivity contribution >= 4 is 23.2 Å². The summed E-state index contributed by atoms with van der Waals surface area (Å²) in [5.41, 5.74) is 0. The highest BCUT2D eigenvalue weighted by Gasteiger charge is 2.12. The van der Waals surface area contributed by atoms with Crippen molar-refractivity contribution in [2.24, 2.45) is 0 Å². The summed E-state index contributed by atoms with van der Waals surface area (Å²) in [4.78, 5) is 24.8. The molecule has 100 valence electrons. The van der Waals surface area contributed by atoms with E-state index in [2.05, 4.69) is 10.6 Å². The lowest BCUT2D eigenvalue weighted by atomic mass is 10.2. The van der Waals surface area contributed by atoms with Crippen LogP contribution >= 0.6 is 11.3 Å². The first kappa shape index (κ1) is 14.7. The molecule has 2 amide bonds. The van der Waals surface area contributed by atoms with Gasteiger partial charge in [-0.3, -0.25) is 9.59 Å². The highest BCUT2D eigenvalue weighted by Crippen LogP contribution is 2.14. The van der Waals surface area contributed by atoms with Crippen LogP contribution in [0.5, 0.6) is 0 Å². The zero-order valence-electron chi connectivity index (χ0n) is 10.5. The van der Waals surface area contributed by atoms with E-state index in [0.29, 0.717) is 11.3 Å². The van der Waals surface area contributed by atoms with Gasteiger partial charge in [0.05, 0.1) is 24.1 Å². The maximum Gasteiger partial charge on any atom is 0.261 e. The summed E-state index contributed by atoms with van der Waals surface area (Å²) in [5, 5.41) is 14.1. The van der Waals surface area contributed by atoms with E-state index in [0.717, 1.165) is 4.88 Å². The number of hydrogen-bond acceptors (Lipinski definition) is 4. The van der Waals surface area contributed by atoms with Gasteiger partial charge < -0.3 is 15.7 Å². The minimum absolute atomic E-state index is 0.0771. The zero-order chi connectivity index (χ0) is 13.5. The van der Waals surface area contributed by atoms with Crippen molar-refractivity contribution in [2.75, 3.05) is 13.2 Å². The van der Waals surface area contributed by atoms with Crippen LogP contribution in [0.3, 0.4) is 0 Å². The van der Waals surface area contributed by atoms with Crippen molar-refractivity contribution in [3.05, 3.63) is 21.9 Å². The number of thiophene rings is 1. The molecule has 0 spiro atoms. The molecule has 6 heteroatoms. The van der Waals surface area contributed by atoms with Gasteiger partial charge in [0.2, 0.25) is 5.91 Å². The Kier molecular flexibility index (Phi) is 5.80. The van der Waals surface area contributed by atoms with Crippen LogP contribution in [0.25, 0.3) is 0 Å². The molecule has 18 heavy (non-hydrogen) atoms. The fourth-order valence-electron chi connectivity index (χ4n) is 1.36. The molecule has 5 nitrogen and oxygen atoms in total. The summed E-state index contributed by atoms with van der Waals surface area (Å²) in [6, 6.07) is 3.34. The van der Waals surface area contributed by atoms with Crippen LogP contribution in [-0.2, 0) is 4.79 Å². The largest absolute Gasteiger partial charge is 0.394 e. The van der Waals surface area contributed by atoms with Gasteiger partial charge in [0.25, 0.3) is 5.91 Å². The normalized spacial score (nSPS) is 11.9. The first-order valence-corrected chi connectivity index (χ1v) is 6.63. The standard InChI is InChI=1S/C12H18N2O3S/c1-3-9(7-15)14-11(16)6-13-12(17)10-5-4-8(2)18-10/h4-5,9,15H,3,6-7H2,1-2H3,(H,13,17)(H,14,16)/t9-/m0/s1. The molecule has 1 rings (SSSR count). The second-order valence-corrected chi connectivity index (χ2v) is 5.24. The second kappa shape index (κ2) is 7.13. The number of nitrogens with one attached hydrogen (secondary N) is 2. The van der Waals surface area contributed by atoms with E-state index in [4.69, 9.17) is 5.11 Å². The minimum atomic E-state index is -0.294. The molecule has 0 saturated heterocycles. The van der Waals surface area contributed by atoms with Gasteiger partial charge in [-0.05, 0) is 25.5 Å². The average molecular weight is 270 g/mol. The lowest BCUT2D eigenvalue weighted by Gasteiger charge is -2.13. The van der Waals surface area contributed by atoms with E-state index in [-0.39, 0.29) is 31.0 Å². The van der Waals surface area contributed by atoms with Crippen LogP contribution in [0.1, 0.15) is 27.9 Å². The summed E-state index contributed by atoms with van der Waals surface area (Å²) in [7, 11) is 0. The fraction of sp³-hybridized carbons (Fsp3) is 0.500. The van der Waals surface area contributed by atoms with Gasteiger partial charge in [-0.1, -0.05) is 6.92 Å². The molecular weight excluding hydrogens is 252 g/mol. The SMILES string of the molecule is CC[C@@H](CO)NC(=O)CNC(=O)c1ccc(C)s1. The highest BCUT2D eigenvalue weighted by atomic mass is 32.1. The summed E-state index contributed by atoms with van der Waals surface area (Å²) >= 11 is 1.39. The van der Waals surface area contributed by atoms with Crippen LogP contribution < -0.4 is 10.6 Å². The first-order chi connectivity index (χ1) is 8.56. The topological polar surface area (TPSA) is 78.4 Å². The molecule has 0 saturated carbocycles. The molecule has 1 aromatic rings. The van der Waals surface area contributed by atoms with Crippen molar-refractivity contribution in [2.45, 2.75) is 26.3 Å². The monoisotopic (exact) mass is 270 g/mol. The molecule has 0 unspecified atom stereocenters. The molecule has 0 radical (unpaired) electrons. The number of amides is 2. The lowest BCUT2D eigenvalue weighted by molar-refractivity contribution is -0.121. The molecule has 0 aliphatic carbocycles. The number of carbonyl (C=O) groups excluding carboxylic acids is 2. The Hall–Kier alpha value is -1.40. The summed E-state index contributed by atoms with van der Waals surface area (Å²) in [6.45, 7) is 3.61. The van der Waals surface area contributed by atoms with E-state index in [1.807, 2.05) is 19.9 Å². The summed E-state index contributed by atoms with van der Waals surface area (Å²) in [5.74, 6) is -0.544. The maximum atomic E-state index is 11.7. The third-order valence-corrected chi connectivity index (χ3v) is 3.45. The van der Waals surface area contributed by atoms with Gasteiger partial charge in [0.15, 0.2) is 0 Å². The van der Waals surface area contributed by atoms with Crippen LogP contribution in [0.2, 0.25) is 0 Å². The third kappa shape index (κ3) is 4.46. The average Bonchev–Trinajstić information content (AvgIpc) is 2.79. The Morgan fingerprint density at radius 1 is 1.44 bits per heavy atom. The Labute approximate surface area is 110 Å². The van der Waals surface area contributed by atoms with Crippen LogP contribution in [0, 0.1) is 6.92 Å². The molecule has 0 aliphatic heterocycles. The van der Waals surface area contributed by atoms with Crippen molar-refractivity contribution in [1.29, 1.82) is 0 Å². The predicted molar refractivity (Wildman–Crippen MR) is 70.7 cm³/mol. The number of aliphatic hydroxyl groups is 1. The second-order valence-electron chi connectivity index (χ2n) is 3.95. The van der Waals surface area contributed by atoms with E-state index >= 15 is 0 Å². The molecule has 1 heterocycles. The molecule has 1 aromatic heterocycles. The van der Waals surface area contributed by atoms with Crippen molar-refractivity contribution < 1.29 is 14.7 Å². The minimum Gasteiger partial charge on any atom is -0.394 e. The van der Waals surface area contributed by atoms with E-state index < -0.39 is 0 Å². The maximum absolute atomic E-state index is 11.7. The molecule has 1 atom stereocenters. The van der Waals surface area contributed by atoms with Crippen LogP contribution in [-0.4, -0.2) is 36.1 Å². The number of carbonyl (C=O) groups is 2. The third-order valence-electron chi connectivity index (χ3n) is 2.45. The van der Waals surface area contributed by atoms with Crippen molar-refractivity contribution in [3.63, 3.8) is 0 Å². The smallest absolute Gasteiger partial charge is 0.261 e. The van der Waals surface area contributed by atoms with E-state index in [1.54, 1.807) is 6.07 Å².